The van der Waals surface area contributed by atoms with Crippen molar-refractivity contribution in [3.63, 3.8) is 0 Å². The van der Waals surface area contributed by atoms with E-state index in [0.717, 1.165) is 11.1 Å². The first-order valence-corrected chi connectivity index (χ1v) is 12.8. The summed E-state index contributed by atoms with van der Waals surface area (Å²) < 4.78 is 34.5. The summed E-state index contributed by atoms with van der Waals surface area (Å²) in [5.41, 5.74) is 2.54. The first-order valence-electron chi connectivity index (χ1n) is 11.0. The highest BCUT2D eigenvalue weighted by atomic mass is 35.5. The van der Waals surface area contributed by atoms with Crippen molar-refractivity contribution in [2.24, 2.45) is 0 Å². The van der Waals surface area contributed by atoms with Crippen molar-refractivity contribution < 1.29 is 17.9 Å². The van der Waals surface area contributed by atoms with Gasteiger partial charge in [0, 0.05) is 36.8 Å². The van der Waals surface area contributed by atoms with Crippen LogP contribution in [-0.4, -0.2) is 49.7 Å². The molecule has 0 saturated carbocycles. The maximum atomic E-state index is 13.6. The van der Waals surface area contributed by atoms with Gasteiger partial charge in [-0.2, -0.15) is 9.57 Å². The Bertz CT molecular complexity index is 1400. The number of nitrogens with zero attached hydrogens (tertiary/aromatic N) is 3. The minimum absolute atomic E-state index is 0.101. The molecule has 0 aromatic heterocycles. The third-order valence-corrected chi connectivity index (χ3v) is 7.97. The molecule has 7 nitrogen and oxygen atoms in total. The zero-order valence-electron chi connectivity index (χ0n) is 19.4. The first-order chi connectivity index (χ1) is 16.7. The van der Waals surface area contributed by atoms with Crippen LogP contribution >= 0.6 is 11.6 Å². The largest absolute Gasteiger partial charge is 0.456 e. The van der Waals surface area contributed by atoms with Crippen LogP contribution in [-0.2, 0) is 10.0 Å². The number of carbonyl (C=O) groups excluding carboxylic acids is 1. The van der Waals surface area contributed by atoms with E-state index in [4.69, 9.17) is 16.3 Å². The van der Waals surface area contributed by atoms with Crippen molar-refractivity contribution >= 4 is 27.5 Å². The van der Waals surface area contributed by atoms with Crippen LogP contribution in [0.2, 0.25) is 5.02 Å². The van der Waals surface area contributed by atoms with Crippen molar-refractivity contribution in [2.45, 2.75) is 18.7 Å². The molecule has 1 saturated heterocycles. The molecule has 1 aliphatic heterocycles. The maximum Gasteiger partial charge on any atom is 0.254 e. The third kappa shape index (κ3) is 5.33. The number of amides is 1. The summed E-state index contributed by atoms with van der Waals surface area (Å²) in [5, 5.41) is 9.82. The minimum atomic E-state index is -4.00. The molecular formula is C26H24ClN3O4S. The van der Waals surface area contributed by atoms with Crippen LogP contribution < -0.4 is 4.74 Å². The number of hydrogen-bond donors (Lipinski definition) is 0. The van der Waals surface area contributed by atoms with Crippen molar-refractivity contribution in [3.8, 4) is 17.6 Å². The zero-order chi connectivity index (χ0) is 25.2. The monoisotopic (exact) mass is 509 g/mol. The van der Waals surface area contributed by atoms with Gasteiger partial charge >= 0.3 is 0 Å². The van der Waals surface area contributed by atoms with Crippen LogP contribution in [0.25, 0.3) is 0 Å². The smallest absolute Gasteiger partial charge is 0.254 e. The molecular weight excluding hydrogens is 486 g/mol. The van der Waals surface area contributed by atoms with Crippen molar-refractivity contribution in [3.05, 3.63) is 87.9 Å². The van der Waals surface area contributed by atoms with Gasteiger partial charge in [0.2, 0.25) is 10.0 Å². The van der Waals surface area contributed by atoms with E-state index in [1.807, 2.05) is 38.1 Å². The molecule has 3 aromatic rings. The number of carbonyl (C=O) groups is 1. The van der Waals surface area contributed by atoms with Crippen molar-refractivity contribution in [2.75, 3.05) is 26.2 Å². The lowest BCUT2D eigenvalue weighted by atomic mass is 10.1. The molecule has 0 radical (unpaired) electrons. The minimum Gasteiger partial charge on any atom is -0.456 e. The van der Waals surface area contributed by atoms with E-state index < -0.39 is 10.0 Å². The second kappa shape index (κ2) is 10.1. The Hall–Kier alpha value is -3.38. The molecule has 1 fully saturated rings. The van der Waals surface area contributed by atoms with E-state index in [-0.39, 0.29) is 48.3 Å². The Balaban J connectivity index is 1.58. The Morgan fingerprint density at radius 2 is 1.71 bits per heavy atom. The van der Waals surface area contributed by atoms with Gasteiger partial charge in [0.05, 0.1) is 11.6 Å². The highest BCUT2D eigenvalue weighted by molar-refractivity contribution is 7.89. The van der Waals surface area contributed by atoms with Gasteiger partial charge in [0.15, 0.2) is 0 Å². The topological polar surface area (TPSA) is 90.7 Å². The molecule has 0 bridgehead atoms. The third-order valence-electron chi connectivity index (χ3n) is 5.84. The van der Waals surface area contributed by atoms with Gasteiger partial charge in [-0.3, -0.25) is 4.79 Å². The summed E-state index contributed by atoms with van der Waals surface area (Å²) in [6, 6.07) is 18.7. The zero-order valence-corrected chi connectivity index (χ0v) is 20.9. The Kier molecular flexibility index (Phi) is 7.13. The van der Waals surface area contributed by atoms with Gasteiger partial charge in [-0.05, 0) is 67.4 Å². The molecule has 180 valence electrons. The summed E-state index contributed by atoms with van der Waals surface area (Å²) in [6.45, 7) is 4.51. The fraction of sp³-hybridized carbons (Fsp3) is 0.231. The molecule has 3 aromatic carbocycles. The van der Waals surface area contributed by atoms with E-state index in [9.17, 15) is 18.5 Å². The number of sulfonamides is 1. The molecule has 4 rings (SSSR count). The number of hydrogen-bond acceptors (Lipinski definition) is 5. The Labute approximate surface area is 210 Å². The fourth-order valence-corrected chi connectivity index (χ4v) is 5.85. The number of benzene rings is 3. The van der Waals surface area contributed by atoms with Crippen LogP contribution in [0.4, 0.5) is 0 Å². The molecule has 0 atom stereocenters. The number of nitriles is 1. The van der Waals surface area contributed by atoms with Crippen LogP contribution in [0.15, 0.2) is 65.6 Å². The summed E-state index contributed by atoms with van der Waals surface area (Å²) in [7, 11) is -4.00. The predicted octanol–water partition coefficient (Wildman–Crippen LogP) is 4.77. The normalized spacial score (nSPS) is 14.4. The number of ether oxygens (including phenoxy) is 1. The van der Waals surface area contributed by atoms with Gasteiger partial charge in [-0.25, -0.2) is 8.42 Å². The number of halogens is 1. The van der Waals surface area contributed by atoms with Gasteiger partial charge in [0.1, 0.15) is 16.4 Å². The van der Waals surface area contributed by atoms with E-state index in [2.05, 4.69) is 0 Å². The van der Waals surface area contributed by atoms with Gasteiger partial charge in [-0.15, -0.1) is 0 Å². The molecule has 1 heterocycles. The van der Waals surface area contributed by atoms with Gasteiger partial charge < -0.3 is 9.64 Å². The summed E-state index contributed by atoms with van der Waals surface area (Å²) in [6.07, 6.45) is 0. The SMILES string of the molecule is Cc1cc(Cl)cc(Oc2ccc(C#N)cc2S(=O)(=O)N2CCN(C(=O)c3ccccc3C)CC2)c1. The Morgan fingerprint density at radius 1 is 1.00 bits per heavy atom. The van der Waals surface area contributed by atoms with E-state index in [1.165, 1.54) is 22.5 Å². The molecule has 1 amide bonds. The Morgan fingerprint density at radius 3 is 2.37 bits per heavy atom. The molecule has 0 N–H and O–H groups in total. The number of rotatable bonds is 5. The quantitative estimate of drug-likeness (QED) is 0.494. The lowest BCUT2D eigenvalue weighted by molar-refractivity contribution is 0.0697. The van der Waals surface area contributed by atoms with E-state index >= 15 is 0 Å². The van der Waals surface area contributed by atoms with Gasteiger partial charge in [-0.1, -0.05) is 29.8 Å². The molecule has 9 heteroatoms. The lowest BCUT2D eigenvalue weighted by Gasteiger charge is -2.34. The van der Waals surface area contributed by atoms with Crippen molar-refractivity contribution in [1.29, 1.82) is 5.26 Å². The fourth-order valence-electron chi connectivity index (χ4n) is 4.01. The van der Waals surface area contributed by atoms with Crippen molar-refractivity contribution in [1.82, 2.24) is 9.21 Å². The van der Waals surface area contributed by atoms with Gasteiger partial charge in [0.25, 0.3) is 5.91 Å². The molecule has 1 aliphatic rings. The lowest BCUT2D eigenvalue weighted by Crippen LogP contribution is -2.50. The highest BCUT2D eigenvalue weighted by Crippen LogP contribution is 2.33. The van der Waals surface area contributed by atoms with Crippen LogP contribution in [0.3, 0.4) is 0 Å². The van der Waals surface area contributed by atoms with E-state index in [1.54, 1.807) is 29.2 Å². The number of piperazine rings is 1. The van der Waals surface area contributed by atoms with Crippen LogP contribution in [0.1, 0.15) is 27.0 Å². The van der Waals surface area contributed by atoms with Crippen LogP contribution in [0.5, 0.6) is 11.5 Å². The molecule has 0 unspecified atom stereocenters. The second-order valence-corrected chi connectivity index (χ2v) is 10.7. The van der Waals surface area contributed by atoms with Crippen LogP contribution in [0, 0.1) is 25.2 Å². The summed E-state index contributed by atoms with van der Waals surface area (Å²) in [5.74, 6) is 0.376. The summed E-state index contributed by atoms with van der Waals surface area (Å²) in [4.78, 5) is 14.5. The average Bonchev–Trinajstić information content (AvgIpc) is 2.83. The number of aryl methyl sites for hydroxylation is 2. The highest BCUT2D eigenvalue weighted by Gasteiger charge is 2.33. The molecule has 0 spiro atoms. The molecule has 0 aliphatic carbocycles. The standard InChI is InChI=1S/C26H24ClN3O4S/c1-18-13-21(27)16-22(14-18)34-24-8-7-20(17-28)15-25(24)35(32,33)30-11-9-29(10-12-30)26(31)23-6-4-3-5-19(23)2/h3-8,13-16H,9-12H2,1-2H3. The maximum absolute atomic E-state index is 13.6. The van der Waals surface area contributed by atoms with E-state index in [0.29, 0.717) is 16.3 Å². The predicted molar refractivity (Wildman–Crippen MR) is 133 cm³/mol. The molecule has 35 heavy (non-hydrogen) atoms. The first kappa shape index (κ1) is 24.7. The summed E-state index contributed by atoms with van der Waals surface area (Å²) >= 11 is 6.13. The second-order valence-electron chi connectivity index (χ2n) is 8.35. The average molecular weight is 510 g/mol.